The smallest absolute Gasteiger partial charge is 0.408 e. The quantitative estimate of drug-likeness (QED) is 0.775. The molecular weight excluding hydrogens is 204 g/mol. The highest BCUT2D eigenvalue weighted by atomic mass is 16.4. The zero-order chi connectivity index (χ0) is 12.5. The Labute approximate surface area is 97.8 Å². The molecule has 0 aliphatic heterocycles. The highest BCUT2D eigenvalue weighted by Crippen LogP contribution is 2.34. The number of carboxylic acid groups (broad SMARTS) is 1. The van der Waals surface area contributed by atoms with E-state index in [0.29, 0.717) is 0 Å². The minimum Gasteiger partial charge on any atom is -0.465 e. The van der Waals surface area contributed by atoms with Gasteiger partial charge in [0.05, 0.1) is 0 Å². The van der Waals surface area contributed by atoms with Crippen molar-refractivity contribution >= 4 is 6.09 Å². The van der Waals surface area contributed by atoms with Gasteiger partial charge < -0.3 is 10.8 Å². The molecule has 0 spiro atoms. The second kappa shape index (κ2) is 4.62. The Kier molecular flexibility index (Phi) is 3.84. The normalized spacial score (nSPS) is 20.3. The molecule has 1 amide bonds. The van der Waals surface area contributed by atoms with Crippen molar-refractivity contribution < 1.29 is 9.90 Å². The summed E-state index contributed by atoms with van der Waals surface area (Å²) >= 11 is 0. The van der Waals surface area contributed by atoms with Gasteiger partial charge >= 0.3 is 6.09 Å². The average Bonchev–Trinajstić information content (AvgIpc) is 2.84. The van der Waals surface area contributed by atoms with E-state index in [1.165, 1.54) is 17.7 Å². The molecule has 94 valence electrons. The van der Waals surface area contributed by atoms with Crippen LogP contribution in [0.1, 0.15) is 47.0 Å². The fourth-order valence-electron chi connectivity index (χ4n) is 2.20. The zero-order valence-electron chi connectivity index (χ0n) is 10.7. The van der Waals surface area contributed by atoms with Gasteiger partial charge in [0.15, 0.2) is 0 Å². The van der Waals surface area contributed by atoms with Crippen LogP contribution in [0.2, 0.25) is 0 Å². The lowest BCUT2D eigenvalue weighted by molar-refractivity contribution is 0.0655. The summed E-state index contributed by atoms with van der Waals surface area (Å²) in [5.74, 6) is 0.730. The van der Waals surface area contributed by atoms with E-state index in [-0.39, 0.29) is 12.1 Å². The van der Waals surface area contributed by atoms with Gasteiger partial charge in [0.25, 0.3) is 0 Å². The largest absolute Gasteiger partial charge is 0.465 e. The molecule has 0 radical (unpaired) electrons. The van der Waals surface area contributed by atoms with Crippen LogP contribution < -0.4 is 5.73 Å². The summed E-state index contributed by atoms with van der Waals surface area (Å²) in [6, 6.07) is -0.180. The number of carbonyl (C=O) groups is 1. The predicted molar refractivity (Wildman–Crippen MR) is 64.4 cm³/mol. The zero-order valence-corrected chi connectivity index (χ0v) is 10.7. The molecule has 4 nitrogen and oxygen atoms in total. The Morgan fingerprint density at radius 3 is 2.31 bits per heavy atom. The van der Waals surface area contributed by atoms with Gasteiger partial charge in [-0.25, -0.2) is 4.79 Å². The summed E-state index contributed by atoms with van der Waals surface area (Å²) in [5, 5.41) is 9.25. The Morgan fingerprint density at radius 2 is 2.00 bits per heavy atom. The van der Waals surface area contributed by atoms with E-state index >= 15 is 0 Å². The molecule has 0 unspecified atom stereocenters. The molecule has 2 atom stereocenters. The lowest BCUT2D eigenvalue weighted by Crippen LogP contribution is -2.56. The fourth-order valence-corrected chi connectivity index (χ4v) is 2.20. The minimum atomic E-state index is -0.883. The van der Waals surface area contributed by atoms with E-state index in [1.807, 2.05) is 27.7 Å². The van der Waals surface area contributed by atoms with E-state index in [4.69, 9.17) is 5.73 Å². The molecule has 1 saturated carbocycles. The minimum absolute atomic E-state index is 0.0529. The van der Waals surface area contributed by atoms with Crippen molar-refractivity contribution in [2.75, 3.05) is 0 Å². The van der Waals surface area contributed by atoms with Gasteiger partial charge in [-0.15, -0.1) is 0 Å². The van der Waals surface area contributed by atoms with Crippen LogP contribution in [0.15, 0.2) is 0 Å². The van der Waals surface area contributed by atoms with Crippen LogP contribution in [-0.2, 0) is 0 Å². The van der Waals surface area contributed by atoms with Crippen LogP contribution >= 0.6 is 0 Å². The number of nitrogens with two attached hydrogens (primary N) is 1. The van der Waals surface area contributed by atoms with Crippen LogP contribution in [0, 0.1) is 5.92 Å². The van der Waals surface area contributed by atoms with E-state index < -0.39 is 11.6 Å². The summed E-state index contributed by atoms with van der Waals surface area (Å²) in [4.78, 5) is 12.7. The van der Waals surface area contributed by atoms with Crippen LogP contribution in [0.25, 0.3) is 0 Å². The first-order valence-electron chi connectivity index (χ1n) is 6.01. The van der Waals surface area contributed by atoms with Gasteiger partial charge in [-0.05, 0) is 40.0 Å². The van der Waals surface area contributed by atoms with Crippen molar-refractivity contribution in [2.24, 2.45) is 11.7 Å². The third-order valence-electron chi connectivity index (χ3n) is 3.26. The highest BCUT2D eigenvalue weighted by molar-refractivity contribution is 5.66. The first-order chi connectivity index (χ1) is 7.23. The molecule has 0 aromatic heterocycles. The lowest BCUT2D eigenvalue weighted by atomic mass is 9.97. The first-order valence-corrected chi connectivity index (χ1v) is 6.01. The van der Waals surface area contributed by atoms with Crippen molar-refractivity contribution in [1.29, 1.82) is 0 Å². The second-order valence-corrected chi connectivity index (χ2v) is 5.91. The molecule has 16 heavy (non-hydrogen) atoms. The molecule has 0 aromatic rings. The standard InChI is InChI=1S/C12H24N2O2/c1-8(10(13)7-9-5-6-9)14(11(15)16)12(2,3)4/h8-10H,5-7,13H2,1-4H3,(H,15,16)/t8-,10+/m0/s1. The molecule has 4 heteroatoms. The molecule has 1 fully saturated rings. The van der Waals surface area contributed by atoms with Gasteiger partial charge in [0.1, 0.15) is 0 Å². The molecule has 1 aliphatic carbocycles. The van der Waals surface area contributed by atoms with Crippen LogP contribution in [0.5, 0.6) is 0 Å². The van der Waals surface area contributed by atoms with Gasteiger partial charge in [0, 0.05) is 17.6 Å². The van der Waals surface area contributed by atoms with Crippen molar-refractivity contribution in [3.63, 3.8) is 0 Å². The lowest BCUT2D eigenvalue weighted by Gasteiger charge is -2.40. The van der Waals surface area contributed by atoms with Crippen molar-refractivity contribution in [3.05, 3.63) is 0 Å². The molecule has 0 bridgehead atoms. The third kappa shape index (κ3) is 3.37. The number of nitrogens with zero attached hydrogens (tertiary/aromatic N) is 1. The molecule has 0 saturated heterocycles. The summed E-state index contributed by atoms with van der Waals surface area (Å²) in [5.41, 5.74) is 5.69. The summed E-state index contributed by atoms with van der Waals surface area (Å²) < 4.78 is 0. The fraction of sp³-hybridized carbons (Fsp3) is 0.917. The Morgan fingerprint density at radius 1 is 1.50 bits per heavy atom. The molecular formula is C12H24N2O2. The van der Waals surface area contributed by atoms with Gasteiger partial charge in [-0.3, -0.25) is 4.90 Å². The van der Waals surface area contributed by atoms with E-state index in [1.54, 1.807) is 0 Å². The van der Waals surface area contributed by atoms with Crippen LogP contribution in [0.4, 0.5) is 4.79 Å². The van der Waals surface area contributed by atoms with Gasteiger partial charge in [-0.1, -0.05) is 12.8 Å². The molecule has 0 heterocycles. The van der Waals surface area contributed by atoms with Crippen LogP contribution in [0.3, 0.4) is 0 Å². The SMILES string of the molecule is C[C@@H]([C@H](N)CC1CC1)N(C(=O)O)C(C)(C)C. The van der Waals surface area contributed by atoms with E-state index in [0.717, 1.165) is 12.3 Å². The second-order valence-electron chi connectivity index (χ2n) is 5.91. The van der Waals surface area contributed by atoms with E-state index in [9.17, 15) is 9.90 Å². The molecule has 1 rings (SSSR count). The monoisotopic (exact) mass is 228 g/mol. The number of amides is 1. The first kappa shape index (κ1) is 13.3. The molecule has 3 N–H and O–H groups in total. The molecule has 0 aromatic carbocycles. The Balaban J connectivity index is 2.65. The predicted octanol–water partition coefficient (Wildman–Crippen LogP) is 2.28. The Bertz CT molecular complexity index is 256. The topological polar surface area (TPSA) is 66.6 Å². The maximum absolute atomic E-state index is 11.3. The van der Waals surface area contributed by atoms with Crippen LogP contribution in [-0.4, -0.2) is 33.7 Å². The van der Waals surface area contributed by atoms with Gasteiger partial charge in [0.2, 0.25) is 0 Å². The Hall–Kier alpha value is -0.770. The maximum atomic E-state index is 11.3. The summed E-state index contributed by atoms with van der Waals surface area (Å²) in [6.07, 6.45) is 2.57. The summed E-state index contributed by atoms with van der Waals surface area (Å²) in [6.45, 7) is 7.62. The van der Waals surface area contributed by atoms with E-state index in [2.05, 4.69) is 0 Å². The third-order valence-corrected chi connectivity index (χ3v) is 3.26. The average molecular weight is 228 g/mol. The summed E-state index contributed by atoms with van der Waals surface area (Å²) in [7, 11) is 0. The van der Waals surface area contributed by atoms with Crippen molar-refractivity contribution in [2.45, 2.75) is 64.6 Å². The maximum Gasteiger partial charge on any atom is 0.408 e. The number of hydrogen-bond acceptors (Lipinski definition) is 2. The molecule has 1 aliphatic rings. The number of rotatable bonds is 4. The van der Waals surface area contributed by atoms with Crippen molar-refractivity contribution in [3.8, 4) is 0 Å². The highest BCUT2D eigenvalue weighted by Gasteiger charge is 2.35. The number of hydrogen-bond donors (Lipinski definition) is 2. The van der Waals surface area contributed by atoms with Gasteiger partial charge in [-0.2, -0.15) is 0 Å². The van der Waals surface area contributed by atoms with Crippen molar-refractivity contribution in [1.82, 2.24) is 4.90 Å².